The number of para-hydroxylation sites is 1. The van der Waals surface area contributed by atoms with E-state index < -0.39 is 5.41 Å². The fourth-order valence-corrected chi connectivity index (χ4v) is 6.70. The summed E-state index contributed by atoms with van der Waals surface area (Å²) >= 11 is 0. The van der Waals surface area contributed by atoms with Crippen molar-refractivity contribution in [2.75, 3.05) is 4.90 Å². The van der Waals surface area contributed by atoms with Crippen molar-refractivity contribution >= 4 is 28.6 Å². The van der Waals surface area contributed by atoms with E-state index in [-0.39, 0.29) is 17.0 Å². The van der Waals surface area contributed by atoms with Crippen molar-refractivity contribution in [3.63, 3.8) is 0 Å². The molecule has 3 heteroatoms. The van der Waals surface area contributed by atoms with E-state index in [9.17, 15) is 9.59 Å². The van der Waals surface area contributed by atoms with E-state index in [0.29, 0.717) is 22.3 Å². The first-order valence-corrected chi connectivity index (χ1v) is 14.1. The van der Waals surface area contributed by atoms with Crippen LogP contribution in [0.1, 0.15) is 81.8 Å². The lowest BCUT2D eigenvalue weighted by molar-refractivity contribution is 0.103. The number of ketones is 2. The zero-order valence-electron chi connectivity index (χ0n) is 23.7. The Bertz CT molecular complexity index is 1870. The van der Waals surface area contributed by atoms with Gasteiger partial charge in [-0.2, -0.15) is 0 Å². The molecule has 0 bridgehead atoms. The van der Waals surface area contributed by atoms with E-state index in [4.69, 9.17) is 0 Å². The molecule has 0 unspecified atom stereocenters. The van der Waals surface area contributed by atoms with Crippen LogP contribution in [0.4, 0.5) is 17.1 Å². The average molecular weight is 534 g/mol. The third-order valence-electron chi connectivity index (χ3n) is 9.01. The molecule has 0 atom stereocenters. The van der Waals surface area contributed by atoms with Crippen LogP contribution in [0.5, 0.6) is 0 Å². The molecule has 2 heterocycles. The smallest absolute Gasteiger partial charge is 0.193 e. The highest BCUT2D eigenvalue weighted by Gasteiger charge is 2.46. The van der Waals surface area contributed by atoms with E-state index in [1.165, 1.54) is 5.56 Å². The minimum absolute atomic E-state index is 0.00358. The highest BCUT2D eigenvalue weighted by molar-refractivity contribution is 6.11. The van der Waals surface area contributed by atoms with Crippen LogP contribution in [-0.4, -0.2) is 11.6 Å². The van der Waals surface area contributed by atoms with Gasteiger partial charge in [-0.1, -0.05) is 107 Å². The number of rotatable bonds is 4. The van der Waals surface area contributed by atoms with E-state index in [2.05, 4.69) is 81.1 Å². The highest BCUT2D eigenvalue weighted by atomic mass is 16.1. The first-order chi connectivity index (χ1) is 19.7. The molecule has 0 saturated heterocycles. The van der Waals surface area contributed by atoms with E-state index in [0.717, 1.165) is 33.8 Å². The third-order valence-corrected chi connectivity index (χ3v) is 9.01. The lowest BCUT2D eigenvalue weighted by atomic mass is 9.65. The SMILES string of the molecule is CC1(C)c2ccccc2N2c3ccc(C(=O)c4ccccc4)cc3C(C)(C)c3cc(C(=O)c4ccccc4)cc1c32. The molecule has 5 aromatic rings. The second-order valence-electron chi connectivity index (χ2n) is 12.1. The Morgan fingerprint density at radius 2 is 0.927 bits per heavy atom. The summed E-state index contributed by atoms with van der Waals surface area (Å²) in [7, 11) is 0. The van der Waals surface area contributed by atoms with Gasteiger partial charge >= 0.3 is 0 Å². The van der Waals surface area contributed by atoms with Crippen LogP contribution in [0, 0.1) is 0 Å². The molecule has 0 saturated carbocycles. The molecule has 0 aliphatic carbocycles. The van der Waals surface area contributed by atoms with Crippen molar-refractivity contribution in [2.24, 2.45) is 0 Å². The summed E-state index contributed by atoms with van der Waals surface area (Å²) in [6.07, 6.45) is 0. The maximum absolute atomic E-state index is 13.9. The number of anilines is 3. The molecule has 0 aromatic heterocycles. The van der Waals surface area contributed by atoms with Gasteiger partial charge in [-0.3, -0.25) is 9.59 Å². The lowest BCUT2D eigenvalue weighted by Gasteiger charge is -2.49. The van der Waals surface area contributed by atoms with Gasteiger partial charge in [0.15, 0.2) is 11.6 Å². The number of nitrogens with zero attached hydrogens (tertiary/aromatic N) is 1. The van der Waals surface area contributed by atoms with Gasteiger partial charge < -0.3 is 4.90 Å². The van der Waals surface area contributed by atoms with Crippen molar-refractivity contribution in [1.29, 1.82) is 0 Å². The van der Waals surface area contributed by atoms with E-state index in [1.54, 1.807) is 0 Å². The molecule has 41 heavy (non-hydrogen) atoms. The molecular formula is C38H31NO2. The summed E-state index contributed by atoms with van der Waals surface area (Å²) in [5.74, 6) is 0.0179. The number of carbonyl (C=O) groups excluding carboxylic acids is 2. The molecule has 0 fully saturated rings. The minimum atomic E-state index is -0.460. The molecule has 200 valence electrons. The lowest BCUT2D eigenvalue weighted by Crippen LogP contribution is -2.38. The fraction of sp³-hybridized carbons (Fsp3) is 0.158. The van der Waals surface area contributed by atoms with Crippen LogP contribution in [0.25, 0.3) is 0 Å². The second kappa shape index (κ2) is 8.87. The standard InChI is InChI=1S/C38H31NO2/c1-37(2)28-17-11-12-18-32(28)39-33-20-19-26(35(40)24-13-7-5-8-14-24)21-29(33)38(3,4)31-23-27(22-30(37)34(31)39)36(41)25-15-9-6-10-16-25/h5-23H,1-4H3. The zero-order chi connectivity index (χ0) is 28.5. The van der Waals surface area contributed by atoms with Crippen LogP contribution in [0.2, 0.25) is 0 Å². The Balaban J connectivity index is 1.50. The summed E-state index contributed by atoms with van der Waals surface area (Å²) in [5, 5.41) is 0. The number of carbonyl (C=O) groups is 2. The largest absolute Gasteiger partial charge is 0.309 e. The van der Waals surface area contributed by atoms with Crippen molar-refractivity contribution in [2.45, 2.75) is 38.5 Å². The summed E-state index contributed by atoms with van der Waals surface area (Å²) in [5.41, 5.74) is 9.75. The molecule has 0 N–H and O–H groups in total. The summed E-state index contributed by atoms with van der Waals surface area (Å²) in [6, 6.07) is 37.7. The Kier molecular flexibility index (Phi) is 5.46. The van der Waals surface area contributed by atoms with Crippen molar-refractivity contribution in [3.8, 4) is 0 Å². The predicted octanol–water partition coefficient (Wildman–Crippen LogP) is 8.90. The number of hydrogen-bond acceptors (Lipinski definition) is 3. The van der Waals surface area contributed by atoms with Gasteiger partial charge in [-0.05, 0) is 58.7 Å². The van der Waals surface area contributed by atoms with Crippen LogP contribution < -0.4 is 4.90 Å². The molecule has 0 amide bonds. The first-order valence-electron chi connectivity index (χ1n) is 14.1. The van der Waals surface area contributed by atoms with Gasteiger partial charge in [0.05, 0.1) is 17.1 Å². The minimum Gasteiger partial charge on any atom is -0.309 e. The number of fused-ring (bicyclic) bond motifs is 4. The molecule has 0 spiro atoms. The van der Waals surface area contributed by atoms with Gasteiger partial charge in [0, 0.05) is 33.1 Å². The van der Waals surface area contributed by atoms with Gasteiger partial charge in [-0.25, -0.2) is 0 Å². The fourth-order valence-electron chi connectivity index (χ4n) is 6.70. The summed E-state index contributed by atoms with van der Waals surface area (Å²) in [4.78, 5) is 29.7. The Morgan fingerprint density at radius 1 is 0.463 bits per heavy atom. The molecule has 0 radical (unpaired) electrons. The monoisotopic (exact) mass is 533 g/mol. The van der Waals surface area contributed by atoms with Crippen LogP contribution in [0.15, 0.2) is 115 Å². The highest BCUT2D eigenvalue weighted by Crippen LogP contribution is 2.60. The molecule has 2 aliphatic rings. The third kappa shape index (κ3) is 3.65. The molecule has 3 nitrogen and oxygen atoms in total. The van der Waals surface area contributed by atoms with E-state index >= 15 is 0 Å². The predicted molar refractivity (Wildman–Crippen MR) is 165 cm³/mol. The Hall–Kier alpha value is -4.76. The molecule has 7 rings (SSSR count). The van der Waals surface area contributed by atoms with Gasteiger partial charge in [0.1, 0.15) is 0 Å². The van der Waals surface area contributed by atoms with Crippen LogP contribution in [0.3, 0.4) is 0 Å². The molecule has 2 aliphatic heterocycles. The van der Waals surface area contributed by atoms with Crippen LogP contribution in [-0.2, 0) is 10.8 Å². The maximum Gasteiger partial charge on any atom is 0.193 e. The molecular weight excluding hydrogens is 502 g/mol. The van der Waals surface area contributed by atoms with Crippen molar-refractivity contribution in [3.05, 3.63) is 160 Å². The van der Waals surface area contributed by atoms with Gasteiger partial charge in [0.25, 0.3) is 0 Å². The van der Waals surface area contributed by atoms with Gasteiger partial charge in [0.2, 0.25) is 0 Å². The van der Waals surface area contributed by atoms with E-state index in [1.807, 2.05) is 66.7 Å². The Morgan fingerprint density at radius 3 is 1.54 bits per heavy atom. The van der Waals surface area contributed by atoms with Crippen molar-refractivity contribution < 1.29 is 9.59 Å². The Labute approximate surface area is 241 Å². The summed E-state index contributed by atoms with van der Waals surface area (Å²) < 4.78 is 0. The normalized spacial score (nSPS) is 15.4. The molecule has 5 aromatic carbocycles. The maximum atomic E-state index is 13.9. The number of benzene rings is 5. The quantitative estimate of drug-likeness (QED) is 0.217. The topological polar surface area (TPSA) is 37.4 Å². The first kappa shape index (κ1) is 25.2. The van der Waals surface area contributed by atoms with Crippen LogP contribution >= 0.6 is 0 Å². The number of hydrogen-bond donors (Lipinski definition) is 0. The zero-order valence-corrected chi connectivity index (χ0v) is 23.7. The second-order valence-corrected chi connectivity index (χ2v) is 12.1. The van der Waals surface area contributed by atoms with Crippen molar-refractivity contribution in [1.82, 2.24) is 0 Å². The average Bonchev–Trinajstić information content (AvgIpc) is 3.00. The summed E-state index contributed by atoms with van der Waals surface area (Å²) in [6.45, 7) is 8.92. The van der Waals surface area contributed by atoms with Gasteiger partial charge in [-0.15, -0.1) is 0 Å².